The Morgan fingerprint density at radius 3 is 2.35 bits per heavy atom. The van der Waals surface area contributed by atoms with Crippen LogP contribution in [0.2, 0.25) is 0 Å². The minimum absolute atomic E-state index is 0.218. The van der Waals surface area contributed by atoms with Gasteiger partial charge in [-0.1, -0.05) is 12.1 Å². The molecule has 2 aromatic rings. The highest BCUT2D eigenvalue weighted by Gasteiger charge is 2.24. The largest absolute Gasteiger partial charge is 0.504 e. The normalized spacial score (nSPS) is 11.3. The molecule has 0 aliphatic rings. The third-order valence-corrected chi connectivity index (χ3v) is 5.67. The van der Waals surface area contributed by atoms with Gasteiger partial charge in [-0.3, -0.25) is 10.1 Å². The van der Waals surface area contributed by atoms with Crippen LogP contribution in [0.1, 0.15) is 18.4 Å². The molecular formula is C17H19NO7S. The summed E-state index contributed by atoms with van der Waals surface area (Å²) in [6.45, 7) is 0. The first kappa shape index (κ1) is 19.5. The van der Waals surface area contributed by atoms with E-state index in [1.54, 1.807) is 7.11 Å². The van der Waals surface area contributed by atoms with Gasteiger partial charge in [-0.15, -0.1) is 0 Å². The minimum atomic E-state index is -3.82. The number of benzene rings is 2. The maximum absolute atomic E-state index is 12.3. The first-order chi connectivity index (χ1) is 12.2. The van der Waals surface area contributed by atoms with Crippen molar-refractivity contribution < 1.29 is 28.3 Å². The maximum atomic E-state index is 12.3. The van der Waals surface area contributed by atoms with E-state index in [1.165, 1.54) is 0 Å². The van der Waals surface area contributed by atoms with E-state index in [1.807, 2.05) is 24.3 Å². The first-order valence-corrected chi connectivity index (χ1v) is 9.46. The van der Waals surface area contributed by atoms with Crippen molar-refractivity contribution in [1.82, 2.24) is 0 Å². The van der Waals surface area contributed by atoms with Crippen molar-refractivity contribution in [3.05, 3.63) is 52.1 Å². The van der Waals surface area contributed by atoms with E-state index in [4.69, 9.17) is 4.74 Å². The monoisotopic (exact) mass is 381 g/mol. The molecule has 2 rings (SSSR count). The fourth-order valence-corrected chi connectivity index (χ4v) is 3.83. The molecule has 0 aliphatic carbocycles. The Labute approximate surface area is 150 Å². The van der Waals surface area contributed by atoms with Crippen molar-refractivity contribution in [2.45, 2.75) is 24.2 Å². The number of aryl methyl sites for hydroxylation is 1. The Morgan fingerprint density at radius 1 is 1.12 bits per heavy atom. The summed E-state index contributed by atoms with van der Waals surface area (Å²) >= 11 is 0. The fraction of sp³-hybridized carbons (Fsp3) is 0.294. The third-order valence-electron chi connectivity index (χ3n) is 3.89. The molecule has 0 unspecified atom stereocenters. The van der Waals surface area contributed by atoms with E-state index in [0.29, 0.717) is 19.3 Å². The number of aromatic hydroxyl groups is 2. The predicted molar refractivity (Wildman–Crippen MR) is 94.4 cm³/mol. The Kier molecular flexibility index (Phi) is 6.04. The SMILES string of the molecule is COc1ccc(CCCCS(=O)(=O)c2cc(O)c(O)c([N+](=O)[O-])c2)cc1. The van der Waals surface area contributed by atoms with E-state index in [-0.39, 0.29) is 10.6 Å². The molecule has 26 heavy (non-hydrogen) atoms. The van der Waals surface area contributed by atoms with Gasteiger partial charge in [-0.25, -0.2) is 8.42 Å². The highest BCUT2D eigenvalue weighted by molar-refractivity contribution is 7.91. The van der Waals surface area contributed by atoms with Gasteiger partial charge in [0.05, 0.1) is 22.7 Å². The second kappa shape index (κ2) is 8.05. The number of phenolic OH excluding ortho intramolecular Hbond substituents is 2. The summed E-state index contributed by atoms with van der Waals surface area (Å²) in [6, 6.07) is 9.02. The second-order valence-corrected chi connectivity index (χ2v) is 7.80. The van der Waals surface area contributed by atoms with Gasteiger partial charge < -0.3 is 14.9 Å². The van der Waals surface area contributed by atoms with E-state index < -0.39 is 31.9 Å². The van der Waals surface area contributed by atoms with E-state index in [9.17, 15) is 28.7 Å². The van der Waals surface area contributed by atoms with Crippen LogP contribution in [-0.4, -0.2) is 36.4 Å². The summed E-state index contributed by atoms with van der Waals surface area (Å²) in [5.41, 5.74) is 0.197. The molecule has 0 aliphatic heterocycles. The van der Waals surface area contributed by atoms with Crippen LogP contribution in [0, 0.1) is 10.1 Å². The maximum Gasteiger partial charge on any atom is 0.315 e. The Bertz CT molecular complexity index is 892. The lowest BCUT2D eigenvalue weighted by atomic mass is 10.1. The number of hydrogen-bond donors (Lipinski definition) is 2. The molecule has 0 saturated heterocycles. The summed E-state index contributed by atoms with van der Waals surface area (Å²) in [4.78, 5) is 9.51. The van der Waals surface area contributed by atoms with E-state index in [0.717, 1.165) is 23.4 Å². The molecule has 8 nitrogen and oxygen atoms in total. The molecule has 9 heteroatoms. The Morgan fingerprint density at radius 2 is 1.77 bits per heavy atom. The van der Waals surface area contributed by atoms with Gasteiger partial charge in [0, 0.05) is 12.1 Å². The minimum Gasteiger partial charge on any atom is -0.504 e. The first-order valence-electron chi connectivity index (χ1n) is 7.80. The summed E-state index contributed by atoms with van der Waals surface area (Å²) < 4.78 is 29.7. The van der Waals surface area contributed by atoms with Crippen molar-refractivity contribution >= 4 is 15.5 Å². The standard InChI is InChI=1S/C17H19NO7S/c1-25-13-7-5-12(6-8-13)4-2-3-9-26(23,24)14-10-15(18(21)22)17(20)16(19)11-14/h5-8,10-11,19-20H,2-4,9H2,1H3. The van der Waals surface area contributed by atoms with Gasteiger partial charge in [-0.2, -0.15) is 0 Å². The molecule has 0 aromatic heterocycles. The number of nitro benzene ring substituents is 1. The van der Waals surface area contributed by atoms with Crippen LogP contribution < -0.4 is 4.74 Å². The molecule has 2 aromatic carbocycles. The van der Waals surface area contributed by atoms with Gasteiger partial charge in [0.25, 0.3) is 0 Å². The lowest BCUT2D eigenvalue weighted by Gasteiger charge is -2.07. The summed E-state index contributed by atoms with van der Waals surface area (Å²) in [7, 11) is -2.24. The predicted octanol–water partition coefficient (Wildman–Crippen LogP) is 2.81. The molecule has 0 fully saturated rings. The number of hydrogen-bond acceptors (Lipinski definition) is 7. The number of ether oxygens (including phenoxy) is 1. The molecule has 0 radical (unpaired) electrons. The Hall–Kier alpha value is -2.81. The quantitative estimate of drug-likeness (QED) is 0.311. The molecule has 2 N–H and O–H groups in total. The van der Waals surface area contributed by atoms with Crippen molar-refractivity contribution in [1.29, 1.82) is 0 Å². The highest BCUT2D eigenvalue weighted by Crippen LogP contribution is 2.37. The average molecular weight is 381 g/mol. The molecule has 0 amide bonds. The highest BCUT2D eigenvalue weighted by atomic mass is 32.2. The lowest BCUT2D eigenvalue weighted by molar-refractivity contribution is -0.386. The van der Waals surface area contributed by atoms with Crippen molar-refractivity contribution in [2.75, 3.05) is 12.9 Å². The zero-order valence-electron chi connectivity index (χ0n) is 14.1. The van der Waals surface area contributed by atoms with Crippen molar-refractivity contribution in [3.8, 4) is 17.2 Å². The third kappa shape index (κ3) is 4.63. The molecule has 0 spiro atoms. The number of nitro groups is 1. The molecule has 0 saturated carbocycles. The molecule has 140 valence electrons. The van der Waals surface area contributed by atoms with Gasteiger partial charge in [0.15, 0.2) is 15.6 Å². The molecule has 0 heterocycles. The van der Waals surface area contributed by atoms with Crippen LogP contribution >= 0.6 is 0 Å². The second-order valence-electron chi connectivity index (χ2n) is 5.69. The smallest absolute Gasteiger partial charge is 0.315 e. The van der Waals surface area contributed by atoms with Crippen LogP contribution in [0.3, 0.4) is 0 Å². The lowest BCUT2D eigenvalue weighted by Crippen LogP contribution is -2.08. The van der Waals surface area contributed by atoms with Gasteiger partial charge in [-0.05, 0) is 37.0 Å². The summed E-state index contributed by atoms with van der Waals surface area (Å²) in [5.74, 6) is -1.26. The molecule has 0 atom stereocenters. The van der Waals surface area contributed by atoms with E-state index >= 15 is 0 Å². The van der Waals surface area contributed by atoms with Crippen molar-refractivity contribution in [3.63, 3.8) is 0 Å². The van der Waals surface area contributed by atoms with E-state index in [2.05, 4.69) is 0 Å². The summed E-state index contributed by atoms with van der Waals surface area (Å²) in [6.07, 6.45) is 1.64. The number of methoxy groups -OCH3 is 1. The molecule has 0 bridgehead atoms. The zero-order chi connectivity index (χ0) is 19.3. The van der Waals surface area contributed by atoms with Crippen LogP contribution in [0.4, 0.5) is 5.69 Å². The molecular weight excluding hydrogens is 362 g/mol. The van der Waals surface area contributed by atoms with Crippen LogP contribution in [0.15, 0.2) is 41.3 Å². The number of rotatable bonds is 8. The van der Waals surface area contributed by atoms with Gasteiger partial charge in [0.2, 0.25) is 5.75 Å². The number of sulfone groups is 1. The van der Waals surface area contributed by atoms with Gasteiger partial charge >= 0.3 is 5.69 Å². The zero-order valence-corrected chi connectivity index (χ0v) is 14.9. The van der Waals surface area contributed by atoms with Crippen molar-refractivity contribution in [2.24, 2.45) is 0 Å². The topological polar surface area (TPSA) is 127 Å². The number of unbranched alkanes of at least 4 members (excludes halogenated alkanes) is 1. The fourth-order valence-electron chi connectivity index (χ4n) is 2.43. The van der Waals surface area contributed by atoms with Crippen LogP contribution in [0.25, 0.3) is 0 Å². The van der Waals surface area contributed by atoms with Gasteiger partial charge in [0.1, 0.15) is 5.75 Å². The van der Waals surface area contributed by atoms with Crippen LogP contribution in [0.5, 0.6) is 17.2 Å². The number of phenols is 2. The average Bonchev–Trinajstić information content (AvgIpc) is 2.61. The Balaban J connectivity index is 2.01. The van der Waals surface area contributed by atoms with Crippen LogP contribution in [-0.2, 0) is 16.3 Å². The summed E-state index contributed by atoms with van der Waals surface area (Å²) in [5, 5.41) is 29.8. The number of nitrogens with zero attached hydrogens (tertiary/aromatic N) is 1.